The summed E-state index contributed by atoms with van der Waals surface area (Å²) >= 11 is 0. The van der Waals surface area contributed by atoms with Gasteiger partial charge >= 0.3 is 5.97 Å². The zero-order valence-corrected chi connectivity index (χ0v) is 9.03. The second-order valence-electron chi connectivity index (χ2n) is 3.97. The zero-order valence-electron chi connectivity index (χ0n) is 9.03. The van der Waals surface area contributed by atoms with E-state index in [9.17, 15) is 9.59 Å². The molecule has 1 aliphatic rings. The second kappa shape index (κ2) is 5.11. The number of amides is 1. The molecule has 5 nitrogen and oxygen atoms in total. The fourth-order valence-corrected chi connectivity index (χ4v) is 1.63. The smallest absolute Gasteiger partial charge is 0.325 e. The molecule has 2 unspecified atom stereocenters. The molecule has 5 heteroatoms. The normalized spacial score (nSPS) is 28.1. The largest absolute Gasteiger partial charge is 0.480 e. The SMILES string of the molecule is CC1CC(C(=O)N[C@H](C)C(=O)O)CCO1. The van der Waals surface area contributed by atoms with Crippen LogP contribution in [0.2, 0.25) is 0 Å². The van der Waals surface area contributed by atoms with Gasteiger partial charge in [0, 0.05) is 12.5 Å². The quantitative estimate of drug-likeness (QED) is 0.714. The molecule has 0 spiro atoms. The maximum Gasteiger partial charge on any atom is 0.325 e. The van der Waals surface area contributed by atoms with Crippen LogP contribution in [0.15, 0.2) is 0 Å². The van der Waals surface area contributed by atoms with Crippen molar-refractivity contribution in [3.8, 4) is 0 Å². The van der Waals surface area contributed by atoms with Crippen molar-refractivity contribution >= 4 is 11.9 Å². The number of ether oxygens (including phenoxy) is 1. The molecule has 1 heterocycles. The number of hydrogen-bond donors (Lipinski definition) is 2. The van der Waals surface area contributed by atoms with E-state index in [1.807, 2.05) is 6.92 Å². The summed E-state index contributed by atoms with van der Waals surface area (Å²) in [5, 5.41) is 11.1. The topological polar surface area (TPSA) is 75.6 Å². The molecule has 2 N–H and O–H groups in total. The van der Waals surface area contributed by atoms with Crippen LogP contribution < -0.4 is 5.32 Å². The van der Waals surface area contributed by atoms with E-state index in [1.54, 1.807) is 0 Å². The summed E-state index contributed by atoms with van der Waals surface area (Å²) in [6.45, 7) is 3.95. The molecule has 1 fully saturated rings. The minimum Gasteiger partial charge on any atom is -0.480 e. The van der Waals surface area contributed by atoms with Crippen molar-refractivity contribution in [3.63, 3.8) is 0 Å². The van der Waals surface area contributed by atoms with Gasteiger partial charge in [0.05, 0.1) is 6.10 Å². The average molecular weight is 215 g/mol. The van der Waals surface area contributed by atoms with Crippen molar-refractivity contribution in [2.24, 2.45) is 5.92 Å². The molecule has 86 valence electrons. The van der Waals surface area contributed by atoms with Gasteiger partial charge in [-0.3, -0.25) is 9.59 Å². The highest BCUT2D eigenvalue weighted by Gasteiger charge is 2.27. The van der Waals surface area contributed by atoms with Crippen LogP contribution in [-0.2, 0) is 14.3 Å². The highest BCUT2D eigenvalue weighted by atomic mass is 16.5. The maximum atomic E-state index is 11.6. The van der Waals surface area contributed by atoms with Crippen LogP contribution in [0.25, 0.3) is 0 Å². The number of carbonyl (C=O) groups excluding carboxylic acids is 1. The Kier molecular flexibility index (Phi) is 4.08. The van der Waals surface area contributed by atoms with Crippen molar-refractivity contribution in [2.45, 2.75) is 38.8 Å². The van der Waals surface area contributed by atoms with E-state index in [1.165, 1.54) is 6.92 Å². The first-order chi connectivity index (χ1) is 7.00. The second-order valence-corrected chi connectivity index (χ2v) is 3.97. The van der Waals surface area contributed by atoms with Crippen LogP contribution in [0.3, 0.4) is 0 Å². The third kappa shape index (κ3) is 3.51. The Bertz CT molecular complexity index is 254. The van der Waals surface area contributed by atoms with Gasteiger partial charge in [-0.15, -0.1) is 0 Å². The van der Waals surface area contributed by atoms with Gasteiger partial charge in [-0.2, -0.15) is 0 Å². The van der Waals surface area contributed by atoms with Crippen LogP contribution in [0.5, 0.6) is 0 Å². The van der Waals surface area contributed by atoms with E-state index in [4.69, 9.17) is 9.84 Å². The van der Waals surface area contributed by atoms with Crippen molar-refractivity contribution in [1.29, 1.82) is 0 Å². The number of rotatable bonds is 3. The monoisotopic (exact) mass is 215 g/mol. The van der Waals surface area contributed by atoms with Gasteiger partial charge in [0.1, 0.15) is 6.04 Å². The molecule has 0 bridgehead atoms. The van der Waals surface area contributed by atoms with E-state index in [-0.39, 0.29) is 17.9 Å². The van der Waals surface area contributed by atoms with Crippen molar-refractivity contribution in [2.75, 3.05) is 6.61 Å². The first-order valence-electron chi connectivity index (χ1n) is 5.15. The Hall–Kier alpha value is -1.10. The summed E-state index contributed by atoms with van der Waals surface area (Å²) in [5.41, 5.74) is 0. The minimum atomic E-state index is -1.01. The molecular formula is C10H17NO4. The summed E-state index contributed by atoms with van der Waals surface area (Å²) in [6, 6.07) is -0.823. The molecule has 0 radical (unpaired) electrons. The molecule has 1 amide bonds. The van der Waals surface area contributed by atoms with E-state index in [0.29, 0.717) is 19.4 Å². The lowest BCUT2D eigenvalue weighted by Crippen LogP contribution is -2.43. The van der Waals surface area contributed by atoms with E-state index >= 15 is 0 Å². The molecule has 0 aliphatic carbocycles. The lowest BCUT2D eigenvalue weighted by molar-refractivity contribution is -0.142. The molecule has 15 heavy (non-hydrogen) atoms. The van der Waals surface area contributed by atoms with Crippen molar-refractivity contribution in [1.82, 2.24) is 5.32 Å². The highest BCUT2D eigenvalue weighted by molar-refractivity contribution is 5.84. The summed E-state index contributed by atoms with van der Waals surface area (Å²) in [4.78, 5) is 22.2. The molecule has 1 rings (SSSR count). The number of carboxylic acid groups (broad SMARTS) is 1. The fourth-order valence-electron chi connectivity index (χ4n) is 1.63. The number of aliphatic carboxylic acids is 1. The van der Waals surface area contributed by atoms with E-state index in [0.717, 1.165) is 0 Å². The third-order valence-electron chi connectivity index (χ3n) is 2.59. The summed E-state index contributed by atoms with van der Waals surface area (Å²) in [7, 11) is 0. The van der Waals surface area contributed by atoms with Gasteiger partial charge in [-0.25, -0.2) is 0 Å². The molecule has 1 saturated heterocycles. The lowest BCUT2D eigenvalue weighted by Gasteiger charge is -2.26. The van der Waals surface area contributed by atoms with Crippen LogP contribution in [0.4, 0.5) is 0 Å². The number of nitrogens with one attached hydrogen (secondary N) is 1. The molecule has 0 aromatic heterocycles. The molecule has 0 saturated carbocycles. The molecule has 1 aliphatic heterocycles. The van der Waals surface area contributed by atoms with Crippen LogP contribution >= 0.6 is 0 Å². The van der Waals surface area contributed by atoms with Gasteiger partial charge in [0.2, 0.25) is 5.91 Å². The zero-order chi connectivity index (χ0) is 11.4. The highest BCUT2D eigenvalue weighted by Crippen LogP contribution is 2.19. The van der Waals surface area contributed by atoms with E-state index < -0.39 is 12.0 Å². The number of carboxylic acids is 1. The van der Waals surface area contributed by atoms with Gasteiger partial charge in [-0.1, -0.05) is 0 Å². The van der Waals surface area contributed by atoms with Crippen LogP contribution in [0.1, 0.15) is 26.7 Å². The maximum absolute atomic E-state index is 11.6. The predicted octanol–water partition coefficient (Wildman–Crippen LogP) is 0.391. The van der Waals surface area contributed by atoms with Gasteiger partial charge < -0.3 is 15.2 Å². The molecule has 0 aromatic rings. The lowest BCUT2D eigenvalue weighted by atomic mass is 9.95. The first-order valence-corrected chi connectivity index (χ1v) is 5.15. The summed E-state index contributed by atoms with van der Waals surface area (Å²) in [5.74, 6) is -1.31. The van der Waals surface area contributed by atoms with Crippen LogP contribution in [-0.4, -0.2) is 35.7 Å². The van der Waals surface area contributed by atoms with Crippen molar-refractivity contribution < 1.29 is 19.4 Å². The Labute approximate surface area is 88.8 Å². The Balaban J connectivity index is 2.42. The van der Waals surface area contributed by atoms with Gasteiger partial charge in [-0.05, 0) is 26.7 Å². The van der Waals surface area contributed by atoms with Gasteiger partial charge in [0.25, 0.3) is 0 Å². The summed E-state index contributed by atoms with van der Waals surface area (Å²) < 4.78 is 5.31. The molecule has 3 atom stereocenters. The minimum absolute atomic E-state index is 0.0784. The Morgan fingerprint density at radius 3 is 2.73 bits per heavy atom. The van der Waals surface area contributed by atoms with Gasteiger partial charge in [0.15, 0.2) is 0 Å². The standard InChI is InChI=1S/C10H17NO4/c1-6-5-8(3-4-15-6)9(12)11-7(2)10(13)14/h6-8H,3-5H2,1-2H3,(H,11,12)(H,13,14)/t6?,7-,8?/m1/s1. The third-order valence-corrected chi connectivity index (χ3v) is 2.59. The Morgan fingerprint density at radius 1 is 1.53 bits per heavy atom. The van der Waals surface area contributed by atoms with E-state index in [2.05, 4.69) is 5.32 Å². The number of hydrogen-bond acceptors (Lipinski definition) is 3. The fraction of sp³-hybridized carbons (Fsp3) is 0.800. The van der Waals surface area contributed by atoms with Crippen LogP contribution in [0, 0.1) is 5.92 Å². The van der Waals surface area contributed by atoms with Crippen molar-refractivity contribution in [3.05, 3.63) is 0 Å². The Morgan fingerprint density at radius 2 is 2.20 bits per heavy atom. The molecule has 0 aromatic carbocycles. The average Bonchev–Trinajstić information content (AvgIpc) is 2.17. The first kappa shape index (κ1) is 12.0. The summed E-state index contributed by atoms with van der Waals surface area (Å²) in [6.07, 6.45) is 1.41. The molecular weight excluding hydrogens is 198 g/mol. The number of carbonyl (C=O) groups is 2. The predicted molar refractivity (Wildman–Crippen MR) is 53.4 cm³/mol.